The second kappa shape index (κ2) is 5.85. The minimum Gasteiger partial charge on any atom is -0.465 e. The number of hydrogen-bond acceptors (Lipinski definition) is 5. The molecule has 0 saturated heterocycles. The van der Waals surface area contributed by atoms with E-state index in [0.717, 1.165) is 0 Å². The molecule has 0 aliphatic carbocycles. The molecular weight excluding hydrogens is 198 g/mol. The highest BCUT2D eigenvalue weighted by molar-refractivity contribution is 5.95. The summed E-state index contributed by atoms with van der Waals surface area (Å²) in [5, 5.41) is 0. The average molecular weight is 213 g/mol. The van der Waals surface area contributed by atoms with E-state index in [1.54, 1.807) is 14.1 Å². The molecule has 0 aliphatic heterocycles. The Balaban J connectivity index is 4.92. The predicted octanol–water partition coefficient (Wildman–Crippen LogP) is 0.334. The molecule has 0 aromatic heterocycles. The Kier molecular flexibility index (Phi) is 5.15. The zero-order valence-electron chi connectivity index (χ0n) is 9.36. The highest BCUT2D eigenvalue weighted by Crippen LogP contribution is 2.06. The summed E-state index contributed by atoms with van der Waals surface area (Å²) in [6, 6.07) is 0. The minimum atomic E-state index is -0.585. The van der Waals surface area contributed by atoms with Crippen LogP contribution in [-0.4, -0.2) is 45.2 Å². The van der Waals surface area contributed by atoms with Gasteiger partial charge >= 0.3 is 11.9 Å². The van der Waals surface area contributed by atoms with E-state index in [1.165, 1.54) is 25.2 Å². The zero-order chi connectivity index (χ0) is 12.0. The molecule has 0 bridgehead atoms. The normalized spacial score (nSPS) is 10.5. The van der Waals surface area contributed by atoms with Crippen LogP contribution in [0.2, 0.25) is 0 Å². The van der Waals surface area contributed by atoms with Gasteiger partial charge in [0.25, 0.3) is 0 Å². The van der Waals surface area contributed by atoms with Crippen LogP contribution in [-0.2, 0) is 19.1 Å². The van der Waals surface area contributed by atoms with Gasteiger partial charge in [-0.3, -0.25) is 0 Å². The quantitative estimate of drug-likeness (QED) is 0.383. The molecule has 0 fully saturated rings. The summed E-state index contributed by atoms with van der Waals surface area (Å²) in [5.74, 6) is -1.12. The second-order valence-corrected chi connectivity index (χ2v) is 2.93. The van der Waals surface area contributed by atoms with Crippen molar-refractivity contribution < 1.29 is 19.1 Å². The molecule has 0 aliphatic rings. The average Bonchev–Trinajstić information content (AvgIpc) is 2.22. The number of hydrogen-bond donors (Lipinski definition) is 0. The standard InChI is InChI=1S/C10H15NO4/c1-7(9(12)14-4)6-8(11(2)3)10(13)15-5/h6H,1H2,2-5H3/b8-6-. The van der Waals surface area contributed by atoms with Gasteiger partial charge in [0, 0.05) is 14.1 Å². The van der Waals surface area contributed by atoms with Crippen molar-refractivity contribution in [3.8, 4) is 0 Å². The van der Waals surface area contributed by atoms with Crippen LogP contribution in [0.5, 0.6) is 0 Å². The minimum absolute atomic E-state index is 0.0894. The Morgan fingerprint density at radius 3 is 1.93 bits per heavy atom. The fourth-order valence-electron chi connectivity index (χ4n) is 0.830. The molecular formula is C10H15NO4. The Labute approximate surface area is 89.0 Å². The summed E-state index contributed by atoms with van der Waals surface area (Å²) in [5.41, 5.74) is 0.319. The highest BCUT2D eigenvalue weighted by Gasteiger charge is 2.14. The van der Waals surface area contributed by atoms with Gasteiger partial charge in [-0.1, -0.05) is 6.58 Å². The second-order valence-electron chi connectivity index (χ2n) is 2.93. The third-order valence-electron chi connectivity index (χ3n) is 1.63. The molecule has 5 nitrogen and oxygen atoms in total. The summed E-state index contributed by atoms with van der Waals surface area (Å²) >= 11 is 0. The van der Waals surface area contributed by atoms with Crippen LogP contribution in [0.3, 0.4) is 0 Å². The van der Waals surface area contributed by atoms with E-state index in [1.807, 2.05) is 0 Å². The Hall–Kier alpha value is -1.78. The lowest BCUT2D eigenvalue weighted by molar-refractivity contribution is -0.137. The van der Waals surface area contributed by atoms with Gasteiger partial charge in [0.15, 0.2) is 0 Å². The number of likely N-dealkylation sites (N-methyl/N-ethyl adjacent to an activating group) is 1. The van der Waals surface area contributed by atoms with Crippen molar-refractivity contribution in [2.75, 3.05) is 28.3 Å². The smallest absolute Gasteiger partial charge is 0.354 e. The lowest BCUT2D eigenvalue weighted by Gasteiger charge is -2.14. The van der Waals surface area contributed by atoms with Crippen LogP contribution in [0, 0.1) is 0 Å². The van der Waals surface area contributed by atoms with E-state index in [2.05, 4.69) is 16.1 Å². The van der Waals surface area contributed by atoms with Crippen molar-refractivity contribution in [2.45, 2.75) is 0 Å². The van der Waals surface area contributed by atoms with Crippen molar-refractivity contribution in [1.82, 2.24) is 4.90 Å². The molecule has 0 unspecified atom stereocenters. The summed E-state index contributed by atoms with van der Waals surface area (Å²) in [4.78, 5) is 23.8. The molecule has 84 valence electrons. The van der Waals surface area contributed by atoms with Crippen LogP contribution in [0.15, 0.2) is 23.9 Å². The van der Waals surface area contributed by atoms with E-state index in [-0.39, 0.29) is 11.3 Å². The van der Waals surface area contributed by atoms with E-state index in [0.29, 0.717) is 0 Å². The fourth-order valence-corrected chi connectivity index (χ4v) is 0.830. The van der Waals surface area contributed by atoms with Crippen molar-refractivity contribution in [2.24, 2.45) is 0 Å². The molecule has 0 amide bonds. The van der Waals surface area contributed by atoms with Crippen LogP contribution in [0.1, 0.15) is 0 Å². The lowest BCUT2D eigenvalue weighted by Crippen LogP contribution is -2.21. The monoisotopic (exact) mass is 213 g/mol. The maximum absolute atomic E-state index is 11.3. The topological polar surface area (TPSA) is 55.8 Å². The first-order chi connectivity index (χ1) is 6.93. The van der Waals surface area contributed by atoms with E-state index < -0.39 is 11.9 Å². The first-order valence-corrected chi connectivity index (χ1v) is 4.18. The lowest BCUT2D eigenvalue weighted by atomic mass is 10.2. The fraction of sp³-hybridized carbons (Fsp3) is 0.400. The van der Waals surface area contributed by atoms with Crippen LogP contribution >= 0.6 is 0 Å². The first-order valence-electron chi connectivity index (χ1n) is 4.18. The number of methoxy groups -OCH3 is 2. The number of nitrogens with zero attached hydrogens (tertiary/aromatic N) is 1. The summed E-state index contributed by atoms with van der Waals surface area (Å²) in [6.07, 6.45) is 1.32. The number of esters is 2. The maximum Gasteiger partial charge on any atom is 0.354 e. The summed E-state index contributed by atoms with van der Waals surface area (Å²) in [6.45, 7) is 3.48. The van der Waals surface area contributed by atoms with E-state index in [4.69, 9.17) is 0 Å². The van der Waals surface area contributed by atoms with Crippen LogP contribution < -0.4 is 0 Å². The van der Waals surface area contributed by atoms with Gasteiger partial charge in [-0.15, -0.1) is 0 Å². The largest absolute Gasteiger partial charge is 0.465 e. The number of ether oxygens (including phenoxy) is 2. The first kappa shape index (κ1) is 13.2. The van der Waals surface area contributed by atoms with E-state index >= 15 is 0 Å². The zero-order valence-corrected chi connectivity index (χ0v) is 9.36. The predicted molar refractivity (Wildman–Crippen MR) is 54.9 cm³/mol. The Morgan fingerprint density at radius 2 is 1.60 bits per heavy atom. The summed E-state index contributed by atoms with van der Waals surface area (Å²) < 4.78 is 9.00. The SMILES string of the molecule is C=C(/C=C(/C(=O)OC)N(C)C)C(=O)OC. The van der Waals surface area contributed by atoms with Crippen LogP contribution in [0.25, 0.3) is 0 Å². The molecule has 0 aromatic carbocycles. The van der Waals surface area contributed by atoms with Crippen LogP contribution in [0.4, 0.5) is 0 Å². The molecule has 0 heterocycles. The molecule has 5 heteroatoms. The molecule has 0 spiro atoms. The van der Waals surface area contributed by atoms with Crippen molar-refractivity contribution in [1.29, 1.82) is 0 Å². The Bertz CT molecular complexity index is 305. The maximum atomic E-state index is 11.3. The molecule has 15 heavy (non-hydrogen) atoms. The Morgan fingerprint density at radius 1 is 1.13 bits per heavy atom. The molecule has 0 aromatic rings. The highest BCUT2D eigenvalue weighted by atomic mass is 16.5. The number of carbonyl (C=O) groups is 2. The number of rotatable bonds is 4. The number of carbonyl (C=O) groups excluding carboxylic acids is 2. The van der Waals surface area contributed by atoms with Gasteiger partial charge in [0.05, 0.1) is 19.8 Å². The van der Waals surface area contributed by atoms with E-state index in [9.17, 15) is 9.59 Å². The van der Waals surface area contributed by atoms with Crippen molar-refractivity contribution in [3.63, 3.8) is 0 Å². The van der Waals surface area contributed by atoms with Gasteiger partial charge < -0.3 is 14.4 Å². The van der Waals surface area contributed by atoms with Gasteiger partial charge in [-0.05, 0) is 6.08 Å². The third kappa shape index (κ3) is 3.84. The summed E-state index contributed by atoms with van der Waals surface area (Å²) in [7, 11) is 5.83. The van der Waals surface area contributed by atoms with Gasteiger partial charge in [-0.25, -0.2) is 9.59 Å². The van der Waals surface area contributed by atoms with Gasteiger partial charge in [0.2, 0.25) is 0 Å². The van der Waals surface area contributed by atoms with Gasteiger partial charge in [0.1, 0.15) is 5.70 Å². The molecule has 0 atom stereocenters. The molecule has 0 rings (SSSR count). The van der Waals surface area contributed by atoms with Gasteiger partial charge in [-0.2, -0.15) is 0 Å². The molecule has 0 radical (unpaired) electrons. The third-order valence-corrected chi connectivity index (χ3v) is 1.63. The molecule has 0 saturated carbocycles. The van der Waals surface area contributed by atoms with Crippen molar-refractivity contribution >= 4 is 11.9 Å². The van der Waals surface area contributed by atoms with Crippen molar-refractivity contribution in [3.05, 3.63) is 23.9 Å². The molecule has 0 N–H and O–H groups in total.